The second kappa shape index (κ2) is 8.05. The molecule has 2 heteroatoms. The number of para-hydroxylation sites is 2. The molecule has 2 aromatic rings. The van der Waals surface area contributed by atoms with Crippen LogP contribution in [-0.4, -0.2) is 18.5 Å². The summed E-state index contributed by atoms with van der Waals surface area (Å²) in [7, 11) is 2.18. The van der Waals surface area contributed by atoms with Gasteiger partial charge in [-0.3, -0.25) is 4.90 Å². The van der Waals surface area contributed by atoms with Gasteiger partial charge in [0.05, 0.1) is 0 Å². The van der Waals surface area contributed by atoms with E-state index in [1.54, 1.807) is 0 Å². The zero-order chi connectivity index (χ0) is 16.8. The molecule has 0 saturated heterocycles. The first-order valence-corrected chi connectivity index (χ1v) is 9.06. The summed E-state index contributed by atoms with van der Waals surface area (Å²) in [5, 5.41) is 0. The van der Waals surface area contributed by atoms with Crippen LogP contribution in [0.3, 0.4) is 0 Å². The topological polar surface area (TPSA) is 6.48 Å². The molecule has 1 aliphatic rings. The Morgan fingerprint density at radius 2 is 1.38 bits per heavy atom. The summed E-state index contributed by atoms with van der Waals surface area (Å²) in [6.07, 6.45) is 6.88. The summed E-state index contributed by atoms with van der Waals surface area (Å²) in [6.45, 7) is 5.52. The smallest absolute Gasteiger partial charge is 0.105 e. The first-order valence-electron chi connectivity index (χ1n) is 9.06. The lowest BCUT2D eigenvalue weighted by atomic mass is 9.89. The number of hydrogen-bond acceptors (Lipinski definition) is 2. The van der Waals surface area contributed by atoms with Gasteiger partial charge in [-0.05, 0) is 43.0 Å². The molecule has 1 aliphatic carbocycles. The normalized spacial score (nSPS) is 15.0. The maximum atomic E-state index is 4.43. The van der Waals surface area contributed by atoms with Crippen molar-refractivity contribution in [3.05, 3.63) is 73.1 Å². The monoisotopic (exact) mass is 320 g/mol. The van der Waals surface area contributed by atoms with E-state index in [1.807, 2.05) is 0 Å². The number of nitrogens with zero attached hydrogens (tertiary/aromatic N) is 2. The van der Waals surface area contributed by atoms with Gasteiger partial charge >= 0.3 is 0 Å². The average molecular weight is 320 g/mol. The summed E-state index contributed by atoms with van der Waals surface area (Å²) in [6, 6.07) is 21.0. The molecule has 0 radical (unpaired) electrons. The van der Waals surface area contributed by atoms with E-state index in [0.717, 1.165) is 29.7 Å². The molecule has 3 rings (SSSR count). The van der Waals surface area contributed by atoms with Gasteiger partial charge in [-0.15, -0.1) is 0 Å². The molecule has 1 fully saturated rings. The van der Waals surface area contributed by atoms with Gasteiger partial charge in [0.1, 0.15) is 5.82 Å². The Morgan fingerprint density at radius 1 is 0.875 bits per heavy atom. The van der Waals surface area contributed by atoms with Crippen LogP contribution in [0.1, 0.15) is 32.1 Å². The van der Waals surface area contributed by atoms with Gasteiger partial charge in [-0.2, -0.15) is 0 Å². The van der Waals surface area contributed by atoms with Gasteiger partial charge in [0, 0.05) is 25.0 Å². The third-order valence-corrected chi connectivity index (χ3v) is 4.98. The molecule has 0 unspecified atom stereocenters. The number of hydrogen-bond donors (Lipinski definition) is 0. The van der Waals surface area contributed by atoms with Crippen LogP contribution in [0.2, 0.25) is 0 Å². The maximum absolute atomic E-state index is 4.43. The predicted molar refractivity (Wildman–Crippen MR) is 103 cm³/mol. The zero-order valence-corrected chi connectivity index (χ0v) is 14.7. The Morgan fingerprint density at radius 3 is 1.88 bits per heavy atom. The van der Waals surface area contributed by atoms with E-state index in [0.29, 0.717) is 0 Å². The van der Waals surface area contributed by atoms with Crippen molar-refractivity contribution in [2.45, 2.75) is 32.1 Å². The highest BCUT2D eigenvalue weighted by Crippen LogP contribution is 2.31. The van der Waals surface area contributed by atoms with Crippen LogP contribution in [0.5, 0.6) is 0 Å². The second-order valence-corrected chi connectivity index (χ2v) is 6.81. The van der Waals surface area contributed by atoms with Gasteiger partial charge in [0.15, 0.2) is 0 Å². The highest BCUT2D eigenvalue weighted by atomic mass is 15.3. The van der Waals surface area contributed by atoms with Crippen molar-refractivity contribution in [1.29, 1.82) is 0 Å². The van der Waals surface area contributed by atoms with Crippen molar-refractivity contribution in [2.24, 2.45) is 5.92 Å². The Kier molecular flexibility index (Phi) is 5.58. The van der Waals surface area contributed by atoms with Crippen molar-refractivity contribution in [1.82, 2.24) is 4.90 Å². The third-order valence-electron chi connectivity index (χ3n) is 4.98. The average Bonchev–Trinajstić information content (AvgIpc) is 2.64. The van der Waals surface area contributed by atoms with Crippen molar-refractivity contribution in [3.63, 3.8) is 0 Å². The lowest BCUT2D eigenvalue weighted by Crippen LogP contribution is -2.33. The summed E-state index contributed by atoms with van der Waals surface area (Å²) in [5.41, 5.74) is 2.31. The largest absolute Gasteiger partial charge is 0.361 e. The van der Waals surface area contributed by atoms with E-state index in [4.69, 9.17) is 0 Å². The third kappa shape index (κ3) is 4.00. The minimum Gasteiger partial charge on any atom is -0.361 e. The van der Waals surface area contributed by atoms with Crippen molar-refractivity contribution in [2.75, 3.05) is 18.5 Å². The molecule has 2 nitrogen and oxygen atoms in total. The summed E-state index contributed by atoms with van der Waals surface area (Å²) < 4.78 is 0. The fourth-order valence-electron chi connectivity index (χ4n) is 3.63. The number of anilines is 2. The quantitative estimate of drug-likeness (QED) is 0.663. The highest BCUT2D eigenvalue weighted by Gasteiger charge is 2.20. The number of benzene rings is 2. The Labute approximate surface area is 146 Å². The minimum atomic E-state index is 0.800. The van der Waals surface area contributed by atoms with Crippen LogP contribution in [0.4, 0.5) is 11.4 Å². The van der Waals surface area contributed by atoms with Gasteiger partial charge in [0.2, 0.25) is 0 Å². The zero-order valence-electron chi connectivity index (χ0n) is 14.7. The molecule has 0 bridgehead atoms. The van der Waals surface area contributed by atoms with E-state index in [2.05, 4.69) is 84.1 Å². The van der Waals surface area contributed by atoms with E-state index < -0.39 is 0 Å². The van der Waals surface area contributed by atoms with Crippen molar-refractivity contribution >= 4 is 11.4 Å². The number of rotatable bonds is 6. The Balaban J connectivity index is 1.81. The first kappa shape index (κ1) is 16.6. The van der Waals surface area contributed by atoms with Crippen LogP contribution >= 0.6 is 0 Å². The molecule has 0 aliphatic heterocycles. The molecule has 0 aromatic heterocycles. The van der Waals surface area contributed by atoms with E-state index in [1.165, 1.54) is 32.1 Å². The SMILES string of the molecule is C=C(N(C)CC1CCCCC1)N(c1ccccc1)c1ccccc1. The van der Waals surface area contributed by atoms with Gasteiger partial charge in [-0.25, -0.2) is 0 Å². The predicted octanol–water partition coefficient (Wildman–Crippen LogP) is 5.81. The van der Waals surface area contributed by atoms with Crippen molar-refractivity contribution < 1.29 is 0 Å². The minimum absolute atomic E-state index is 0.800. The maximum Gasteiger partial charge on any atom is 0.105 e. The summed E-state index contributed by atoms with van der Waals surface area (Å²) in [5.74, 6) is 1.84. The molecule has 1 saturated carbocycles. The fourth-order valence-corrected chi connectivity index (χ4v) is 3.63. The lowest BCUT2D eigenvalue weighted by molar-refractivity contribution is 0.267. The second-order valence-electron chi connectivity index (χ2n) is 6.81. The van der Waals surface area contributed by atoms with E-state index in [-0.39, 0.29) is 0 Å². The molecular formula is C22H28N2. The highest BCUT2D eigenvalue weighted by molar-refractivity contribution is 5.67. The molecule has 0 spiro atoms. The molecule has 0 atom stereocenters. The van der Waals surface area contributed by atoms with Crippen LogP contribution in [0.15, 0.2) is 73.1 Å². The van der Waals surface area contributed by atoms with Gasteiger partial charge < -0.3 is 4.90 Å². The standard InChI is InChI=1S/C22H28N2/c1-19(23(2)18-20-12-6-3-7-13-20)24(21-14-8-4-9-15-21)22-16-10-5-11-17-22/h4-5,8-11,14-17,20H,1,3,6-7,12-13,18H2,2H3. The molecule has 24 heavy (non-hydrogen) atoms. The van der Waals surface area contributed by atoms with E-state index in [9.17, 15) is 0 Å². The van der Waals surface area contributed by atoms with Crippen LogP contribution in [-0.2, 0) is 0 Å². The Bertz CT molecular complexity index is 590. The summed E-state index contributed by atoms with van der Waals surface area (Å²) >= 11 is 0. The fraction of sp³-hybridized carbons (Fsp3) is 0.364. The van der Waals surface area contributed by atoms with Gasteiger partial charge in [-0.1, -0.05) is 62.2 Å². The lowest BCUT2D eigenvalue weighted by Gasteiger charge is -2.36. The molecular weight excluding hydrogens is 292 g/mol. The first-order chi connectivity index (χ1) is 11.8. The van der Waals surface area contributed by atoms with Crippen LogP contribution < -0.4 is 4.90 Å². The molecule has 2 aromatic carbocycles. The summed E-state index contributed by atoms with van der Waals surface area (Å²) in [4.78, 5) is 4.58. The van der Waals surface area contributed by atoms with Crippen LogP contribution in [0, 0.1) is 5.92 Å². The molecule has 0 heterocycles. The molecule has 0 N–H and O–H groups in total. The molecule has 126 valence electrons. The van der Waals surface area contributed by atoms with Crippen molar-refractivity contribution in [3.8, 4) is 0 Å². The Hall–Kier alpha value is -2.22. The van der Waals surface area contributed by atoms with E-state index >= 15 is 0 Å². The van der Waals surface area contributed by atoms with Gasteiger partial charge in [0.25, 0.3) is 0 Å². The molecule has 0 amide bonds. The van der Waals surface area contributed by atoms with Crippen LogP contribution in [0.25, 0.3) is 0 Å².